The Kier molecular flexibility index (Phi) is 4.46. The van der Waals surface area contributed by atoms with Crippen molar-refractivity contribution in [2.24, 2.45) is 0 Å². The van der Waals surface area contributed by atoms with Crippen LogP contribution >= 0.6 is 0 Å². The van der Waals surface area contributed by atoms with Crippen LogP contribution in [0.4, 0.5) is 0 Å². The fraction of sp³-hybridized carbons (Fsp3) is 0.400. The van der Waals surface area contributed by atoms with Crippen LogP contribution in [0.15, 0.2) is 54.9 Å². The Morgan fingerprint density at radius 1 is 0.926 bits per heavy atom. The predicted octanol–water partition coefficient (Wildman–Crippen LogP) is 6.07. The minimum Gasteiger partial charge on any atom is -0.226 e. The molecule has 2 aromatic carbocycles. The van der Waals surface area contributed by atoms with Gasteiger partial charge in [0.25, 0.3) is 5.82 Å². The second-order valence-electron chi connectivity index (χ2n) is 7.97. The van der Waals surface area contributed by atoms with E-state index in [-0.39, 0.29) is 5.41 Å². The van der Waals surface area contributed by atoms with Gasteiger partial charge in [-0.05, 0) is 55.9 Å². The van der Waals surface area contributed by atoms with Crippen LogP contribution < -0.4 is 4.57 Å². The molecule has 27 heavy (non-hydrogen) atoms. The summed E-state index contributed by atoms with van der Waals surface area (Å²) in [5, 5.41) is 0. The van der Waals surface area contributed by atoms with Gasteiger partial charge in [-0.3, -0.25) is 0 Å². The molecule has 2 heteroatoms. The lowest BCUT2D eigenvalue weighted by Crippen LogP contribution is -2.54. The molecule has 0 radical (unpaired) electrons. The van der Waals surface area contributed by atoms with Crippen molar-refractivity contribution in [3.8, 4) is 17.1 Å². The van der Waals surface area contributed by atoms with Crippen molar-refractivity contribution in [3.63, 3.8) is 0 Å². The molecule has 1 aromatic heterocycles. The van der Waals surface area contributed by atoms with Crippen molar-refractivity contribution in [3.05, 3.63) is 71.5 Å². The van der Waals surface area contributed by atoms with Gasteiger partial charge in [0, 0.05) is 5.41 Å². The number of aromatic nitrogens is 2. The van der Waals surface area contributed by atoms with Gasteiger partial charge in [-0.15, -0.1) is 0 Å². The van der Waals surface area contributed by atoms with E-state index in [1.54, 1.807) is 0 Å². The van der Waals surface area contributed by atoms with Crippen LogP contribution in [0.3, 0.4) is 0 Å². The Bertz CT molecular complexity index is 955. The first-order valence-corrected chi connectivity index (χ1v) is 10.4. The maximum atomic E-state index is 2.56. The molecule has 0 bridgehead atoms. The van der Waals surface area contributed by atoms with Crippen molar-refractivity contribution in [2.75, 3.05) is 0 Å². The molecule has 2 heterocycles. The van der Waals surface area contributed by atoms with E-state index in [1.165, 1.54) is 46.6 Å². The number of rotatable bonds is 4. The topological polar surface area (TPSA) is 8.81 Å². The summed E-state index contributed by atoms with van der Waals surface area (Å²) in [6, 6.07) is 16.2. The Labute approximate surface area is 163 Å². The van der Waals surface area contributed by atoms with E-state index in [2.05, 4.69) is 98.6 Å². The molecule has 0 amide bonds. The Morgan fingerprint density at radius 3 is 2.22 bits per heavy atom. The Hall–Kier alpha value is -2.35. The van der Waals surface area contributed by atoms with Gasteiger partial charge in [0.05, 0.1) is 5.56 Å². The number of benzene rings is 2. The third-order valence-electron chi connectivity index (χ3n) is 6.86. The molecule has 1 aliphatic rings. The van der Waals surface area contributed by atoms with Gasteiger partial charge in [-0.2, -0.15) is 4.57 Å². The Morgan fingerprint density at radius 2 is 1.59 bits per heavy atom. The van der Waals surface area contributed by atoms with E-state index >= 15 is 0 Å². The molecular weight excluding hydrogens is 328 g/mol. The number of fused-ring (bicyclic) bond motifs is 3. The first kappa shape index (κ1) is 18.0. The highest BCUT2D eigenvalue weighted by atomic mass is 15.2. The van der Waals surface area contributed by atoms with E-state index in [0.29, 0.717) is 6.04 Å². The van der Waals surface area contributed by atoms with Crippen LogP contribution in [0.1, 0.15) is 62.8 Å². The SMILES string of the molecule is CCC1[n+]2ccn(-c3c(C)cccc3C)c2-c2ccccc2C1(CC)CC. The molecule has 1 unspecified atom stereocenters. The van der Waals surface area contributed by atoms with Crippen molar-refractivity contribution in [2.45, 2.75) is 65.3 Å². The van der Waals surface area contributed by atoms with E-state index < -0.39 is 0 Å². The standard InChI is InChI=1S/C25H31N2/c1-6-22-25(7-2,8-3)21-15-10-9-14-20(21)24-26(22)16-17-27(24)23-18(4)12-11-13-19(23)5/h9-17,22H,6-8H2,1-5H3/q+1. The minimum atomic E-state index is 0.204. The highest BCUT2D eigenvalue weighted by molar-refractivity contribution is 5.65. The van der Waals surface area contributed by atoms with Gasteiger partial charge in [-0.1, -0.05) is 57.2 Å². The second-order valence-corrected chi connectivity index (χ2v) is 7.97. The monoisotopic (exact) mass is 359 g/mol. The van der Waals surface area contributed by atoms with Gasteiger partial charge in [0.15, 0.2) is 0 Å². The Balaban J connectivity index is 2.07. The fourth-order valence-electron chi connectivity index (χ4n) is 5.54. The highest BCUT2D eigenvalue weighted by Crippen LogP contribution is 2.48. The summed E-state index contributed by atoms with van der Waals surface area (Å²) >= 11 is 0. The number of hydrogen-bond acceptors (Lipinski definition) is 0. The summed E-state index contributed by atoms with van der Waals surface area (Å²) in [5.41, 5.74) is 7.07. The molecule has 1 atom stereocenters. The number of hydrogen-bond donors (Lipinski definition) is 0. The quantitative estimate of drug-likeness (QED) is 0.500. The van der Waals surface area contributed by atoms with Gasteiger partial charge in [-0.25, -0.2) is 4.57 Å². The second kappa shape index (κ2) is 6.67. The lowest BCUT2D eigenvalue weighted by molar-refractivity contribution is -0.724. The molecule has 0 spiro atoms. The predicted molar refractivity (Wildman–Crippen MR) is 112 cm³/mol. The van der Waals surface area contributed by atoms with Crippen LogP contribution in [0.2, 0.25) is 0 Å². The van der Waals surface area contributed by atoms with Gasteiger partial charge < -0.3 is 0 Å². The van der Waals surface area contributed by atoms with Crippen LogP contribution in [0, 0.1) is 13.8 Å². The summed E-state index contributed by atoms with van der Waals surface area (Å²) in [6.07, 6.45) is 8.06. The van der Waals surface area contributed by atoms with Crippen LogP contribution in [0.5, 0.6) is 0 Å². The van der Waals surface area contributed by atoms with Gasteiger partial charge in [0.2, 0.25) is 0 Å². The summed E-state index contributed by atoms with van der Waals surface area (Å²) < 4.78 is 4.97. The van der Waals surface area contributed by atoms with Gasteiger partial charge in [0.1, 0.15) is 24.1 Å². The molecule has 140 valence electrons. The largest absolute Gasteiger partial charge is 0.294 e. The molecule has 0 N–H and O–H groups in total. The van der Waals surface area contributed by atoms with Gasteiger partial charge >= 0.3 is 0 Å². The average molecular weight is 360 g/mol. The third kappa shape index (κ3) is 2.42. The normalized spacial score (nSPS) is 17.4. The van der Waals surface area contributed by atoms with Crippen molar-refractivity contribution in [1.82, 2.24) is 4.57 Å². The maximum Gasteiger partial charge on any atom is 0.294 e. The molecule has 3 aromatic rings. The third-order valence-corrected chi connectivity index (χ3v) is 6.86. The zero-order valence-corrected chi connectivity index (χ0v) is 17.3. The number of imidazole rings is 1. The van der Waals surface area contributed by atoms with E-state index in [4.69, 9.17) is 0 Å². The summed E-state index contributed by atoms with van der Waals surface area (Å²) in [5.74, 6) is 1.33. The molecule has 1 aliphatic heterocycles. The lowest BCUT2D eigenvalue weighted by Gasteiger charge is -2.42. The average Bonchev–Trinajstić information content (AvgIpc) is 3.11. The van der Waals surface area contributed by atoms with Crippen molar-refractivity contribution in [1.29, 1.82) is 0 Å². The summed E-state index contributed by atoms with van der Waals surface area (Å²) in [6.45, 7) is 11.5. The van der Waals surface area contributed by atoms with Crippen LogP contribution in [-0.4, -0.2) is 4.57 Å². The van der Waals surface area contributed by atoms with E-state index in [0.717, 1.165) is 6.42 Å². The smallest absolute Gasteiger partial charge is 0.226 e. The van der Waals surface area contributed by atoms with E-state index in [1.807, 2.05) is 0 Å². The zero-order chi connectivity index (χ0) is 19.2. The molecule has 0 saturated heterocycles. The van der Waals surface area contributed by atoms with Crippen molar-refractivity contribution >= 4 is 0 Å². The first-order valence-electron chi connectivity index (χ1n) is 10.4. The molecule has 4 rings (SSSR count). The first-order chi connectivity index (χ1) is 13.1. The molecule has 0 saturated carbocycles. The highest BCUT2D eigenvalue weighted by Gasteiger charge is 2.48. The number of nitrogens with zero attached hydrogens (tertiary/aromatic N) is 2. The maximum absolute atomic E-state index is 2.56. The van der Waals surface area contributed by atoms with Crippen LogP contribution in [0.25, 0.3) is 17.1 Å². The number of para-hydroxylation sites is 1. The molecule has 0 aliphatic carbocycles. The molecular formula is C25H31N2+. The van der Waals surface area contributed by atoms with Crippen molar-refractivity contribution < 1.29 is 4.57 Å². The number of aryl methyl sites for hydroxylation is 2. The fourth-order valence-corrected chi connectivity index (χ4v) is 5.54. The minimum absolute atomic E-state index is 0.204. The molecule has 0 fully saturated rings. The van der Waals surface area contributed by atoms with E-state index in [9.17, 15) is 0 Å². The zero-order valence-electron chi connectivity index (χ0n) is 17.3. The van der Waals surface area contributed by atoms with Crippen LogP contribution in [-0.2, 0) is 5.41 Å². The summed E-state index contributed by atoms with van der Waals surface area (Å²) in [4.78, 5) is 0. The molecule has 2 nitrogen and oxygen atoms in total. The summed E-state index contributed by atoms with van der Waals surface area (Å²) in [7, 11) is 0. The lowest BCUT2D eigenvalue weighted by atomic mass is 9.66.